The quantitative estimate of drug-likeness (QED) is 0.812. The van der Waals surface area contributed by atoms with Gasteiger partial charge in [0, 0.05) is 6.04 Å². The van der Waals surface area contributed by atoms with Crippen molar-refractivity contribution in [1.82, 2.24) is 5.32 Å². The zero-order chi connectivity index (χ0) is 12.4. The van der Waals surface area contributed by atoms with Gasteiger partial charge in [0.05, 0.1) is 6.07 Å². The number of hydrogen-bond acceptors (Lipinski definition) is 2. The molecule has 94 valence electrons. The first-order valence-corrected chi connectivity index (χ1v) is 6.85. The van der Waals surface area contributed by atoms with Crippen LogP contribution >= 0.6 is 0 Å². The van der Waals surface area contributed by atoms with E-state index in [0.717, 1.165) is 11.8 Å². The summed E-state index contributed by atoms with van der Waals surface area (Å²) in [6.45, 7) is 3.99. The highest BCUT2D eigenvalue weighted by Crippen LogP contribution is 2.49. The predicted octanol–water partition coefficient (Wildman–Crippen LogP) is 2.48. The first-order valence-electron chi connectivity index (χ1n) is 6.85. The molecular weight excluding hydrogens is 212 g/mol. The second-order valence-corrected chi connectivity index (χ2v) is 5.73. The molecule has 0 heterocycles. The van der Waals surface area contributed by atoms with Gasteiger partial charge in [0.25, 0.3) is 0 Å². The number of rotatable bonds is 4. The Balaban J connectivity index is 1.87. The third kappa shape index (κ3) is 2.46. The van der Waals surface area contributed by atoms with E-state index in [4.69, 9.17) is 5.26 Å². The molecule has 2 saturated carbocycles. The molecule has 17 heavy (non-hydrogen) atoms. The van der Waals surface area contributed by atoms with Crippen LogP contribution in [0.4, 0.5) is 0 Å². The van der Waals surface area contributed by atoms with Crippen LogP contribution < -0.4 is 5.32 Å². The summed E-state index contributed by atoms with van der Waals surface area (Å²) in [4.78, 5) is 11.8. The Morgan fingerprint density at radius 1 is 1.47 bits per heavy atom. The van der Waals surface area contributed by atoms with Gasteiger partial charge in [-0.1, -0.05) is 13.3 Å². The van der Waals surface area contributed by atoms with Crippen molar-refractivity contribution in [2.45, 2.75) is 52.0 Å². The second-order valence-electron chi connectivity index (χ2n) is 5.73. The van der Waals surface area contributed by atoms with Crippen molar-refractivity contribution in [3.05, 3.63) is 0 Å². The molecule has 0 aromatic heterocycles. The van der Waals surface area contributed by atoms with E-state index in [1.54, 1.807) is 0 Å². The van der Waals surface area contributed by atoms with Gasteiger partial charge in [0.1, 0.15) is 5.92 Å². The van der Waals surface area contributed by atoms with Crippen molar-refractivity contribution >= 4 is 5.91 Å². The van der Waals surface area contributed by atoms with Crippen LogP contribution in [0, 0.1) is 35.0 Å². The Morgan fingerprint density at radius 2 is 2.24 bits per heavy atom. The molecule has 2 bridgehead atoms. The Kier molecular flexibility index (Phi) is 3.71. The van der Waals surface area contributed by atoms with Crippen molar-refractivity contribution in [1.29, 1.82) is 5.26 Å². The number of amides is 1. The number of nitriles is 1. The lowest BCUT2D eigenvalue weighted by Gasteiger charge is -2.29. The summed E-state index contributed by atoms with van der Waals surface area (Å²) in [5.74, 6) is 1.81. The molecule has 2 aliphatic carbocycles. The van der Waals surface area contributed by atoms with Crippen LogP contribution in [0.3, 0.4) is 0 Å². The molecule has 5 unspecified atom stereocenters. The number of fused-ring (bicyclic) bond motifs is 2. The first kappa shape index (κ1) is 12.4. The maximum atomic E-state index is 11.8. The lowest BCUT2D eigenvalue weighted by molar-refractivity contribution is -0.124. The minimum atomic E-state index is -0.476. The fourth-order valence-corrected chi connectivity index (χ4v) is 3.67. The lowest BCUT2D eigenvalue weighted by Crippen LogP contribution is -2.42. The molecule has 1 N–H and O–H groups in total. The van der Waals surface area contributed by atoms with E-state index < -0.39 is 5.92 Å². The summed E-state index contributed by atoms with van der Waals surface area (Å²) in [5, 5.41) is 11.9. The van der Waals surface area contributed by atoms with Crippen LogP contribution in [-0.2, 0) is 4.79 Å². The minimum Gasteiger partial charge on any atom is -0.352 e. The van der Waals surface area contributed by atoms with E-state index >= 15 is 0 Å². The molecule has 3 nitrogen and oxygen atoms in total. The van der Waals surface area contributed by atoms with Crippen molar-refractivity contribution in [3.63, 3.8) is 0 Å². The van der Waals surface area contributed by atoms with Gasteiger partial charge in [-0.05, 0) is 50.4 Å². The van der Waals surface area contributed by atoms with Crippen LogP contribution in [0.1, 0.15) is 46.0 Å². The average molecular weight is 234 g/mol. The normalized spacial score (nSPS) is 34.1. The van der Waals surface area contributed by atoms with E-state index in [0.29, 0.717) is 12.3 Å². The maximum absolute atomic E-state index is 11.8. The van der Waals surface area contributed by atoms with Gasteiger partial charge in [0.15, 0.2) is 0 Å². The van der Waals surface area contributed by atoms with E-state index in [1.807, 2.05) is 6.92 Å². The molecule has 0 radical (unpaired) electrons. The zero-order valence-corrected chi connectivity index (χ0v) is 10.8. The number of hydrogen-bond donors (Lipinski definition) is 1. The number of carbonyl (C=O) groups is 1. The fraction of sp³-hybridized carbons (Fsp3) is 0.857. The standard InChI is InChI=1S/C14H22N2O/c1-3-11(8-15)14(17)16-9(2)13-7-10-4-5-12(13)6-10/h9-13H,3-7H2,1-2H3,(H,16,17). The van der Waals surface area contributed by atoms with Crippen LogP contribution in [0.15, 0.2) is 0 Å². The van der Waals surface area contributed by atoms with Crippen LogP contribution in [-0.4, -0.2) is 11.9 Å². The number of nitrogens with zero attached hydrogens (tertiary/aromatic N) is 1. The van der Waals surface area contributed by atoms with Crippen LogP contribution in [0.2, 0.25) is 0 Å². The average Bonchev–Trinajstić information content (AvgIpc) is 2.92. The highest BCUT2D eigenvalue weighted by molar-refractivity contribution is 5.81. The fourth-order valence-electron chi connectivity index (χ4n) is 3.67. The number of carbonyl (C=O) groups excluding carboxylic acids is 1. The van der Waals surface area contributed by atoms with Gasteiger partial charge in [-0.3, -0.25) is 4.79 Å². The highest BCUT2D eigenvalue weighted by Gasteiger charge is 2.42. The number of nitrogens with one attached hydrogen (secondary N) is 1. The summed E-state index contributed by atoms with van der Waals surface area (Å²) < 4.78 is 0. The molecule has 0 aromatic rings. The van der Waals surface area contributed by atoms with Gasteiger partial charge < -0.3 is 5.32 Å². The van der Waals surface area contributed by atoms with Gasteiger partial charge in [-0.2, -0.15) is 5.26 Å². The monoisotopic (exact) mass is 234 g/mol. The van der Waals surface area contributed by atoms with Crippen molar-refractivity contribution in [2.24, 2.45) is 23.7 Å². The van der Waals surface area contributed by atoms with Crippen molar-refractivity contribution in [3.8, 4) is 6.07 Å². The lowest BCUT2D eigenvalue weighted by atomic mass is 9.84. The van der Waals surface area contributed by atoms with Crippen molar-refractivity contribution in [2.75, 3.05) is 0 Å². The molecule has 2 aliphatic rings. The molecule has 0 spiro atoms. The largest absolute Gasteiger partial charge is 0.352 e. The summed E-state index contributed by atoms with van der Waals surface area (Å²) >= 11 is 0. The molecule has 0 aromatic carbocycles. The van der Waals surface area contributed by atoms with Gasteiger partial charge in [-0.15, -0.1) is 0 Å². The van der Waals surface area contributed by atoms with E-state index in [1.165, 1.54) is 25.7 Å². The Labute approximate surface area is 104 Å². The summed E-state index contributed by atoms with van der Waals surface area (Å²) in [6, 6.07) is 2.31. The zero-order valence-electron chi connectivity index (χ0n) is 10.8. The molecular formula is C14H22N2O. The second kappa shape index (κ2) is 5.08. The summed E-state index contributed by atoms with van der Waals surface area (Å²) in [7, 11) is 0. The molecule has 0 saturated heterocycles. The van der Waals surface area contributed by atoms with Crippen LogP contribution in [0.5, 0.6) is 0 Å². The topological polar surface area (TPSA) is 52.9 Å². The molecule has 2 fully saturated rings. The SMILES string of the molecule is CCC(C#N)C(=O)NC(C)C1CC2CCC1C2. The molecule has 1 amide bonds. The van der Waals surface area contributed by atoms with Crippen molar-refractivity contribution < 1.29 is 4.79 Å². The van der Waals surface area contributed by atoms with E-state index in [9.17, 15) is 4.79 Å². The Morgan fingerprint density at radius 3 is 2.71 bits per heavy atom. The minimum absolute atomic E-state index is 0.0785. The maximum Gasteiger partial charge on any atom is 0.237 e. The van der Waals surface area contributed by atoms with Gasteiger partial charge in [-0.25, -0.2) is 0 Å². The molecule has 3 heteroatoms. The summed E-state index contributed by atoms with van der Waals surface area (Å²) in [5.41, 5.74) is 0. The van der Waals surface area contributed by atoms with E-state index in [-0.39, 0.29) is 11.9 Å². The first-order chi connectivity index (χ1) is 8.15. The van der Waals surface area contributed by atoms with E-state index in [2.05, 4.69) is 18.3 Å². The predicted molar refractivity (Wildman–Crippen MR) is 65.9 cm³/mol. The summed E-state index contributed by atoms with van der Waals surface area (Å²) in [6.07, 6.45) is 5.96. The van der Waals surface area contributed by atoms with Gasteiger partial charge in [0.2, 0.25) is 5.91 Å². The molecule has 5 atom stereocenters. The smallest absolute Gasteiger partial charge is 0.237 e. The van der Waals surface area contributed by atoms with Crippen LogP contribution in [0.25, 0.3) is 0 Å². The highest BCUT2D eigenvalue weighted by atomic mass is 16.1. The third-order valence-corrected chi connectivity index (χ3v) is 4.69. The third-order valence-electron chi connectivity index (χ3n) is 4.69. The molecule has 2 rings (SSSR count). The Hall–Kier alpha value is -1.04. The molecule has 0 aliphatic heterocycles. The Bertz CT molecular complexity index is 334. The van der Waals surface area contributed by atoms with Gasteiger partial charge >= 0.3 is 0 Å².